The van der Waals surface area contributed by atoms with Crippen LogP contribution in [-0.4, -0.2) is 76.5 Å². The number of carbonyl (C=O) groups is 6. The van der Waals surface area contributed by atoms with Crippen molar-refractivity contribution in [1.29, 1.82) is 0 Å². The van der Waals surface area contributed by atoms with Gasteiger partial charge >= 0.3 is 11.9 Å². The first-order chi connectivity index (χ1) is 18.1. The van der Waals surface area contributed by atoms with Crippen LogP contribution in [0.5, 0.6) is 0 Å². The highest BCUT2D eigenvalue weighted by molar-refractivity contribution is 6.02. The second-order valence-electron chi connectivity index (χ2n) is 9.39. The molecule has 4 atom stereocenters. The van der Waals surface area contributed by atoms with Crippen molar-refractivity contribution in [3.8, 4) is 0 Å². The summed E-state index contributed by atoms with van der Waals surface area (Å²) in [6, 6.07) is 2.40. The van der Waals surface area contributed by atoms with Gasteiger partial charge in [0.15, 0.2) is 0 Å². The highest BCUT2D eigenvalue weighted by Gasteiger charge is 2.38. The van der Waals surface area contributed by atoms with Gasteiger partial charge in [-0.2, -0.15) is 0 Å². The molecule has 1 aromatic carbocycles. The molecule has 1 aromatic rings. The number of nitrogens with two attached hydrogens (primary N) is 1. The number of hydrogen-bond donors (Lipinski definition) is 6. The Kier molecular flexibility index (Phi) is 9.77. The molecule has 0 unspecified atom stereocenters. The minimum absolute atomic E-state index is 0.141. The Morgan fingerprint density at radius 1 is 1.05 bits per heavy atom. The van der Waals surface area contributed by atoms with Gasteiger partial charge in [0.25, 0.3) is 0 Å². The summed E-state index contributed by atoms with van der Waals surface area (Å²) in [6.45, 7) is 0.373. The van der Waals surface area contributed by atoms with Gasteiger partial charge in [0.2, 0.25) is 23.6 Å². The number of nitrogens with one attached hydrogen (secondary N) is 3. The summed E-state index contributed by atoms with van der Waals surface area (Å²) < 4.78 is 0. The number of benzene rings is 1. The van der Waals surface area contributed by atoms with E-state index in [1.54, 1.807) is 24.3 Å². The van der Waals surface area contributed by atoms with Crippen LogP contribution in [0, 0.1) is 0 Å². The van der Waals surface area contributed by atoms with Crippen LogP contribution in [0.3, 0.4) is 0 Å². The van der Waals surface area contributed by atoms with Gasteiger partial charge in [-0.1, -0.05) is 18.2 Å². The molecule has 38 heavy (non-hydrogen) atoms. The summed E-state index contributed by atoms with van der Waals surface area (Å²) in [5.41, 5.74) is 6.68. The second kappa shape index (κ2) is 13.0. The van der Waals surface area contributed by atoms with E-state index in [0.717, 1.165) is 4.90 Å². The summed E-state index contributed by atoms with van der Waals surface area (Å²) >= 11 is 0. The molecular weight excluding hydrogens is 498 g/mol. The Balaban J connectivity index is 1.65. The van der Waals surface area contributed by atoms with Gasteiger partial charge in [-0.05, 0) is 50.3 Å². The monoisotopic (exact) mass is 531 g/mol. The molecule has 1 fully saturated rings. The molecule has 0 aromatic heterocycles. The first-order valence-electron chi connectivity index (χ1n) is 12.6. The van der Waals surface area contributed by atoms with Gasteiger partial charge < -0.3 is 31.9 Å². The number of carboxylic acids is 2. The summed E-state index contributed by atoms with van der Waals surface area (Å²) in [5.74, 6) is -4.68. The third-order valence-electron chi connectivity index (χ3n) is 6.68. The second-order valence-corrected chi connectivity index (χ2v) is 9.39. The lowest BCUT2D eigenvalue weighted by atomic mass is 10.1. The number of para-hydroxylation sites is 1. The number of fused-ring (bicyclic) bond motifs is 1. The zero-order valence-corrected chi connectivity index (χ0v) is 20.9. The summed E-state index contributed by atoms with van der Waals surface area (Å²) in [4.78, 5) is 74.8. The van der Waals surface area contributed by atoms with Crippen molar-refractivity contribution in [2.45, 2.75) is 75.5 Å². The van der Waals surface area contributed by atoms with Crippen molar-refractivity contribution >= 4 is 41.3 Å². The van der Waals surface area contributed by atoms with E-state index in [0.29, 0.717) is 37.1 Å². The number of amides is 4. The van der Waals surface area contributed by atoms with E-state index in [2.05, 4.69) is 16.0 Å². The van der Waals surface area contributed by atoms with Gasteiger partial charge in [-0.25, -0.2) is 9.59 Å². The number of unbranched alkanes of at least 4 members (excludes halogenated alkanes) is 1. The maximum absolute atomic E-state index is 13.0. The predicted octanol–water partition coefficient (Wildman–Crippen LogP) is -0.729. The third-order valence-corrected chi connectivity index (χ3v) is 6.68. The normalized spacial score (nSPS) is 19.7. The number of anilines is 1. The summed E-state index contributed by atoms with van der Waals surface area (Å²) in [5, 5.41) is 26.8. The Morgan fingerprint density at radius 3 is 2.42 bits per heavy atom. The zero-order valence-electron chi connectivity index (χ0n) is 20.9. The molecule has 2 aliphatic heterocycles. The minimum atomic E-state index is -1.45. The quantitative estimate of drug-likeness (QED) is 0.177. The molecule has 13 heteroatoms. The maximum atomic E-state index is 13.0. The molecule has 4 amide bonds. The van der Waals surface area contributed by atoms with Crippen molar-refractivity contribution in [3.63, 3.8) is 0 Å². The van der Waals surface area contributed by atoms with Gasteiger partial charge in [-0.3, -0.25) is 24.1 Å². The zero-order chi connectivity index (χ0) is 27.8. The molecule has 7 N–H and O–H groups in total. The van der Waals surface area contributed by atoms with Crippen molar-refractivity contribution in [3.05, 3.63) is 29.8 Å². The fraction of sp³-hybridized carbons (Fsp3) is 0.520. The van der Waals surface area contributed by atoms with Crippen LogP contribution >= 0.6 is 0 Å². The average molecular weight is 532 g/mol. The molecule has 0 bridgehead atoms. The van der Waals surface area contributed by atoms with Crippen LogP contribution in [0.15, 0.2) is 24.3 Å². The Labute approximate surface area is 219 Å². The van der Waals surface area contributed by atoms with Crippen molar-refractivity contribution < 1.29 is 39.0 Å². The summed E-state index contributed by atoms with van der Waals surface area (Å²) in [7, 11) is 0. The smallest absolute Gasteiger partial charge is 0.327 e. The Morgan fingerprint density at radius 2 is 1.79 bits per heavy atom. The first kappa shape index (κ1) is 28.6. The van der Waals surface area contributed by atoms with Crippen LogP contribution in [0.25, 0.3) is 0 Å². The number of carboxylic acid groups (broad SMARTS) is 2. The number of aliphatic carboxylic acids is 2. The standard InChI is InChI=1S/C25H33N5O8/c26-12-4-3-6-15(28-23(34)16-8-10-20(31)27-16)22(33)29-17(24(35)36)9-11-21(32)30-18-7-2-1-5-14(18)13-19(30)25(37)38/h1-2,5,7,15-17,19H,3-4,6,8-13,26H2,(H,27,31)(H,28,34)(H,29,33)(H,35,36)(H,37,38)/t15-,16-,17+,19-/m0/s1. The summed E-state index contributed by atoms with van der Waals surface area (Å²) in [6.07, 6.45) is 1.29. The van der Waals surface area contributed by atoms with Gasteiger partial charge in [0, 0.05) is 24.9 Å². The SMILES string of the molecule is NCCCC[C@H](NC(=O)[C@@H]1CCC(=O)N1)C(=O)N[C@H](CCC(=O)N1c2ccccc2C[C@H]1C(=O)O)C(=O)O. The fourth-order valence-corrected chi connectivity index (χ4v) is 4.65. The van der Waals surface area contributed by atoms with Crippen LogP contribution < -0.4 is 26.6 Å². The highest BCUT2D eigenvalue weighted by atomic mass is 16.4. The minimum Gasteiger partial charge on any atom is -0.480 e. The number of rotatable bonds is 13. The number of carbonyl (C=O) groups excluding carboxylic acids is 4. The molecule has 2 heterocycles. The Hall–Kier alpha value is -4.00. The van der Waals surface area contributed by atoms with Crippen molar-refractivity contribution in [2.24, 2.45) is 5.73 Å². The van der Waals surface area contributed by atoms with Gasteiger partial charge in [0.05, 0.1) is 0 Å². The third kappa shape index (κ3) is 7.06. The van der Waals surface area contributed by atoms with E-state index in [1.165, 1.54) is 0 Å². The number of nitrogens with zero attached hydrogens (tertiary/aromatic N) is 1. The van der Waals surface area contributed by atoms with Crippen molar-refractivity contribution in [1.82, 2.24) is 16.0 Å². The maximum Gasteiger partial charge on any atom is 0.327 e. The van der Waals surface area contributed by atoms with Crippen LogP contribution in [0.4, 0.5) is 5.69 Å². The molecule has 3 rings (SSSR count). The van der Waals surface area contributed by atoms with E-state index in [9.17, 15) is 39.0 Å². The van der Waals surface area contributed by atoms with Crippen molar-refractivity contribution in [2.75, 3.05) is 11.4 Å². The molecular formula is C25H33N5O8. The highest BCUT2D eigenvalue weighted by Crippen LogP contribution is 2.33. The van der Waals surface area contributed by atoms with Crippen LogP contribution in [-0.2, 0) is 35.2 Å². The van der Waals surface area contributed by atoms with Gasteiger partial charge in [0.1, 0.15) is 24.2 Å². The van der Waals surface area contributed by atoms with Crippen LogP contribution in [0.1, 0.15) is 50.5 Å². The topological polar surface area (TPSA) is 208 Å². The molecule has 13 nitrogen and oxygen atoms in total. The lowest BCUT2D eigenvalue weighted by molar-refractivity contribution is -0.143. The fourth-order valence-electron chi connectivity index (χ4n) is 4.65. The van der Waals surface area contributed by atoms with E-state index in [1.807, 2.05) is 0 Å². The first-order valence-corrected chi connectivity index (χ1v) is 12.6. The van der Waals surface area contributed by atoms with E-state index in [4.69, 9.17) is 5.73 Å². The molecule has 0 aliphatic carbocycles. The molecule has 206 valence electrons. The van der Waals surface area contributed by atoms with Crippen LogP contribution in [0.2, 0.25) is 0 Å². The van der Waals surface area contributed by atoms with Gasteiger partial charge in [-0.15, -0.1) is 0 Å². The lowest BCUT2D eigenvalue weighted by Crippen LogP contribution is -2.54. The largest absolute Gasteiger partial charge is 0.480 e. The van der Waals surface area contributed by atoms with E-state index >= 15 is 0 Å². The Bertz CT molecular complexity index is 1090. The molecule has 0 saturated carbocycles. The van der Waals surface area contributed by atoms with E-state index in [-0.39, 0.29) is 38.0 Å². The number of hydrogen-bond acceptors (Lipinski definition) is 7. The lowest BCUT2D eigenvalue weighted by Gasteiger charge is -2.25. The van der Waals surface area contributed by atoms with E-state index < -0.39 is 53.8 Å². The predicted molar refractivity (Wildman–Crippen MR) is 134 cm³/mol. The molecule has 2 aliphatic rings. The molecule has 0 radical (unpaired) electrons. The molecule has 0 spiro atoms. The molecule has 1 saturated heterocycles. The average Bonchev–Trinajstić information content (AvgIpc) is 3.49.